The molecule has 106 valence electrons. The summed E-state index contributed by atoms with van der Waals surface area (Å²) in [6.45, 7) is 1.11. The van der Waals surface area contributed by atoms with Gasteiger partial charge in [-0.05, 0) is 18.4 Å². The molecule has 1 aliphatic rings. The summed E-state index contributed by atoms with van der Waals surface area (Å²) >= 11 is 0. The molecule has 20 heavy (non-hydrogen) atoms. The van der Waals surface area contributed by atoms with E-state index in [1.807, 2.05) is 24.3 Å². The summed E-state index contributed by atoms with van der Waals surface area (Å²) in [7, 11) is 0. The first-order valence-corrected chi connectivity index (χ1v) is 7.11. The lowest BCUT2D eigenvalue weighted by Gasteiger charge is -2.21. The number of nitrogens with zero attached hydrogens (tertiary/aromatic N) is 2. The van der Waals surface area contributed by atoms with Gasteiger partial charge in [0.15, 0.2) is 0 Å². The van der Waals surface area contributed by atoms with E-state index >= 15 is 0 Å². The topological polar surface area (TPSA) is 91.0 Å². The van der Waals surface area contributed by atoms with Crippen LogP contribution in [0.5, 0.6) is 0 Å². The Bertz CT molecular complexity index is 570. The van der Waals surface area contributed by atoms with Crippen molar-refractivity contribution in [1.82, 2.24) is 10.1 Å². The highest BCUT2D eigenvalue weighted by Gasteiger charge is 2.39. The third kappa shape index (κ3) is 2.23. The van der Waals surface area contributed by atoms with Crippen LogP contribution in [0.4, 0.5) is 0 Å². The zero-order valence-corrected chi connectivity index (χ0v) is 11.5. The average Bonchev–Trinajstić information content (AvgIpc) is 3.17. The summed E-state index contributed by atoms with van der Waals surface area (Å²) in [5.41, 5.74) is 13.5. The van der Waals surface area contributed by atoms with Gasteiger partial charge in [0.1, 0.15) is 0 Å². The molecule has 1 aromatic heterocycles. The number of benzene rings is 1. The number of hydrogen-bond acceptors (Lipinski definition) is 5. The van der Waals surface area contributed by atoms with Gasteiger partial charge in [-0.1, -0.05) is 42.3 Å². The average molecular weight is 272 g/mol. The van der Waals surface area contributed by atoms with Crippen LogP contribution in [0.25, 0.3) is 11.4 Å². The van der Waals surface area contributed by atoms with Gasteiger partial charge in [-0.2, -0.15) is 4.98 Å². The lowest BCUT2D eigenvalue weighted by Crippen LogP contribution is -2.32. The lowest BCUT2D eigenvalue weighted by atomic mass is 9.86. The van der Waals surface area contributed by atoms with Crippen molar-refractivity contribution < 1.29 is 4.52 Å². The Labute approximate surface area is 118 Å². The molecule has 0 bridgehead atoms. The molecule has 3 rings (SSSR count). The van der Waals surface area contributed by atoms with Crippen LogP contribution in [0.3, 0.4) is 0 Å². The van der Waals surface area contributed by atoms with E-state index in [1.54, 1.807) is 0 Å². The Morgan fingerprint density at radius 1 is 1.10 bits per heavy atom. The van der Waals surface area contributed by atoms with Crippen LogP contribution in [-0.4, -0.2) is 16.7 Å². The molecular formula is C15H20N4O. The first-order chi connectivity index (χ1) is 9.77. The molecule has 1 aromatic carbocycles. The van der Waals surface area contributed by atoms with Crippen molar-refractivity contribution in [2.75, 3.05) is 6.54 Å². The van der Waals surface area contributed by atoms with Crippen LogP contribution in [0.15, 0.2) is 28.8 Å². The number of hydrogen-bond donors (Lipinski definition) is 2. The van der Waals surface area contributed by atoms with Crippen LogP contribution in [-0.2, 0) is 12.0 Å². The smallest absolute Gasteiger partial charge is 0.234 e. The van der Waals surface area contributed by atoms with Crippen molar-refractivity contribution in [2.45, 2.75) is 37.6 Å². The summed E-state index contributed by atoms with van der Waals surface area (Å²) in [6.07, 6.45) is 4.44. The third-order valence-corrected chi connectivity index (χ3v) is 4.28. The highest BCUT2D eigenvalue weighted by Crippen LogP contribution is 2.39. The monoisotopic (exact) mass is 272 g/mol. The number of rotatable bonds is 4. The fraction of sp³-hybridized carbons (Fsp3) is 0.467. The van der Waals surface area contributed by atoms with Crippen molar-refractivity contribution in [2.24, 2.45) is 11.5 Å². The maximum atomic E-state index is 5.94. The molecular weight excluding hydrogens is 252 g/mol. The summed E-state index contributed by atoms with van der Waals surface area (Å²) in [5.74, 6) is 1.32. The summed E-state index contributed by atoms with van der Waals surface area (Å²) in [6, 6.07) is 7.92. The zero-order valence-electron chi connectivity index (χ0n) is 11.5. The Morgan fingerprint density at radius 2 is 1.80 bits per heavy atom. The first-order valence-electron chi connectivity index (χ1n) is 7.11. The molecule has 0 spiro atoms. The van der Waals surface area contributed by atoms with Crippen LogP contribution in [0, 0.1) is 0 Å². The Kier molecular flexibility index (Phi) is 3.54. The quantitative estimate of drug-likeness (QED) is 0.887. The largest absolute Gasteiger partial charge is 0.338 e. The van der Waals surface area contributed by atoms with E-state index in [4.69, 9.17) is 16.0 Å². The van der Waals surface area contributed by atoms with Crippen LogP contribution in [0.2, 0.25) is 0 Å². The highest BCUT2D eigenvalue weighted by molar-refractivity contribution is 5.54. The van der Waals surface area contributed by atoms with Gasteiger partial charge in [0.25, 0.3) is 0 Å². The maximum absolute atomic E-state index is 5.94. The number of nitrogens with two attached hydrogens (primary N) is 2. The fourth-order valence-electron chi connectivity index (χ4n) is 2.90. The molecule has 1 fully saturated rings. The summed E-state index contributed by atoms with van der Waals surface area (Å²) in [4.78, 5) is 4.57. The second-order valence-corrected chi connectivity index (χ2v) is 5.52. The molecule has 5 heteroatoms. The van der Waals surface area contributed by atoms with Crippen molar-refractivity contribution in [1.29, 1.82) is 0 Å². The van der Waals surface area contributed by atoms with E-state index in [0.29, 0.717) is 24.8 Å². The molecule has 0 amide bonds. The molecule has 0 atom stereocenters. The lowest BCUT2D eigenvalue weighted by molar-refractivity contribution is 0.284. The molecule has 1 aliphatic carbocycles. The molecule has 1 heterocycles. The number of aromatic nitrogens is 2. The molecule has 1 saturated carbocycles. The third-order valence-electron chi connectivity index (χ3n) is 4.28. The highest BCUT2D eigenvalue weighted by atomic mass is 16.5. The van der Waals surface area contributed by atoms with E-state index in [-0.39, 0.29) is 5.41 Å². The van der Waals surface area contributed by atoms with Gasteiger partial charge in [0.2, 0.25) is 11.7 Å². The second kappa shape index (κ2) is 5.34. The van der Waals surface area contributed by atoms with Crippen LogP contribution < -0.4 is 11.5 Å². The fourth-order valence-corrected chi connectivity index (χ4v) is 2.90. The van der Waals surface area contributed by atoms with Gasteiger partial charge < -0.3 is 16.0 Å². The van der Waals surface area contributed by atoms with Gasteiger partial charge in [0, 0.05) is 18.7 Å². The summed E-state index contributed by atoms with van der Waals surface area (Å²) in [5, 5.41) is 4.11. The molecule has 0 aliphatic heterocycles. The predicted octanol–water partition coefficient (Wildman–Crippen LogP) is 1.97. The maximum Gasteiger partial charge on any atom is 0.234 e. The van der Waals surface area contributed by atoms with Gasteiger partial charge in [0.05, 0.1) is 5.41 Å². The Hall–Kier alpha value is -1.72. The minimum absolute atomic E-state index is 0.109. The van der Waals surface area contributed by atoms with Crippen LogP contribution in [0.1, 0.15) is 37.1 Å². The normalized spacial score (nSPS) is 17.5. The van der Waals surface area contributed by atoms with Crippen molar-refractivity contribution in [3.8, 4) is 11.4 Å². The molecule has 4 N–H and O–H groups in total. The van der Waals surface area contributed by atoms with Gasteiger partial charge in [-0.15, -0.1) is 0 Å². The van der Waals surface area contributed by atoms with Crippen molar-refractivity contribution in [3.05, 3.63) is 35.7 Å². The first kappa shape index (κ1) is 13.3. The zero-order chi connectivity index (χ0) is 14.0. The van der Waals surface area contributed by atoms with E-state index in [2.05, 4.69) is 10.1 Å². The SMILES string of the molecule is NCc1ccc(-c2noc(C3(CN)CCCC3)n2)cc1. The molecule has 0 saturated heterocycles. The minimum Gasteiger partial charge on any atom is -0.338 e. The Morgan fingerprint density at radius 3 is 2.40 bits per heavy atom. The Balaban J connectivity index is 1.89. The van der Waals surface area contributed by atoms with Gasteiger partial charge >= 0.3 is 0 Å². The minimum atomic E-state index is -0.109. The second-order valence-electron chi connectivity index (χ2n) is 5.52. The van der Waals surface area contributed by atoms with Crippen molar-refractivity contribution >= 4 is 0 Å². The van der Waals surface area contributed by atoms with Gasteiger partial charge in [-0.25, -0.2) is 0 Å². The van der Waals surface area contributed by atoms with E-state index in [1.165, 1.54) is 12.8 Å². The van der Waals surface area contributed by atoms with Gasteiger partial charge in [-0.3, -0.25) is 0 Å². The standard InChI is InChI=1S/C15H20N4O/c16-9-11-3-5-12(6-4-11)13-18-14(20-19-13)15(10-17)7-1-2-8-15/h3-6H,1-2,7-10,16-17H2. The summed E-state index contributed by atoms with van der Waals surface area (Å²) < 4.78 is 5.49. The molecule has 5 nitrogen and oxygen atoms in total. The van der Waals surface area contributed by atoms with Crippen LogP contribution >= 0.6 is 0 Å². The van der Waals surface area contributed by atoms with E-state index in [9.17, 15) is 0 Å². The van der Waals surface area contributed by atoms with E-state index in [0.717, 1.165) is 24.0 Å². The molecule has 0 unspecified atom stereocenters. The molecule has 0 radical (unpaired) electrons. The van der Waals surface area contributed by atoms with E-state index < -0.39 is 0 Å². The molecule has 2 aromatic rings. The van der Waals surface area contributed by atoms with Crippen molar-refractivity contribution in [3.63, 3.8) is 0 Å². The predicted molar refractivity (Wildman–Crippen MR) is 76.8 cm³/mol.